The number of nitrogens with one attached hydrogen (secondary N) is 1. The molecule has 9 heteroatoms. The number of sulfonamides is 1. The Balaban J connectivity index is 1.46. The number of amides is 1. The fraction of sp³-hybridized carbons (Fsp3) is 0.375. The molecule has 0 spiro atoms. The molecular weight excluding hydrogens is 440 g/mol. The van der Waals surface area contributed by atoms with E-state index in [1.807, 2.05) is 32.0 Å². The Morgan fingerprint density at radius 3 is 2.21 bits per heavy atom. The highest BCUT2D eigenvalue weighted by Gasteiger charge is 2.31. The Morgan fingerprint density at radius 2 is 1.61 bits per heavy atom. The number of nitrogens with zero attached hydrogens (tertiary/aromatic N) is 3. The standard InChI is InChI=1S/C24H28N4O4S/c1-15-9-16(2)12-20(11-15)23-26-27-24(32-23)25-22(29)19-5-7-21(8-6-19)33(30,31)28-13-17(3)10-18(4)14-28/h5-9,11-12,17-18H,10,13-14H2,1-4H3,(H,25,27,29). The van der Waals surface area contributed by atoms with Crippen LogP contribution in [0, 0.1) is 25.7 Å². The highest BCUT2D eigenvalue weighted by atomic mass is 32.2. The van der Waals surface area contributed by atoms with Crippen LogP contribution in [0.25, 0.3) is 11.5 Å². The molecule has 0 bridgehead atoms. The maximum absolute atomic E-state index is 13.0. The van der Waals surface area contributed by atoms with Gasteiger partial charge < -0.3 is 4.42 Å². The van der Waals surface area contributed by atoms with Crippen molar-refractivity contribution in [3.05, 3.63) is 59.2 Å². The molecule has 0 saturated carbocycles. The van der Waals surface area contributed by atoms with Gasteiger partial charge in [-0.1, -0.05) is 36.1 Å². The Morgan fingerprint density at radius 1 is 1.00 bits per heavy atom. The van der Waals surface area contributed by atoms with Crippen LogP contribution in [0.2, 0.25) is 0 Å². The summed E-state index contributed by atoms with van der Waals surface area (Å²) >= 11 is 0. The van der Waals surface area contributed by atoms with E-state index >= 15 is 0 Å². The zero-order chi connectivity index (χ0) is 23.8. The van der Waals surface area contributed by atoms with Crippen LogP contribution in [0.3, 0.4) is 0 Å². The molecule has 2 aromatic carbocycles. The number of aromatic nitrogens is 2. The zero-order valence-corrected chi connectivity index (χ0v) is 20.0. The number of carbonyl (C=O) groups is 1. The molecule has 2 unspecified atom stereocenters. The van der Waals surface area contributed by atoms with E-state index in [1.54, 1.807) is 0 Å². The predicted molar refractivity (Wildman–Crippen MR) is 125 cm³/mol. The first kappa shape index (κ1) is 23.1. The third kappa shape index (κ3) is 5.15. The van der Waals surface area contributed by atoms with Crippen molar-refractivity contribution in [2.45, 2.75) is 39.0 Å². The molecule has 0 radical (unpaired) electrons. The van der Waals surface area contributed by atoms with E-state index in [4.69, 9.17) is 4.42 Å². The van der Waals surface area contributed by atoms with E-state index in [-0.39, 0.29) is 10.9 Å². The summed E-state index contributed by atoms with van der Waals surface area (Å²) in [7, 11) is -3.60. The van der Waals surface area contributed by atoms with Gasteiger partial charge in [0.2, 0.25) is 15.9 Å². The molecule has 174 valence electrons. The lowest BCUT2D eigenvalue weighted by Gasteiger charge is -2.34. The van der Waals surface area contributed by atoms with Gasteiger partial charge in [0.15, 0.2) is 0 Å². The summed E-state index contributed by atoms with van der Waals surface area (Å²) < 4.78 is 33.2. The van der Waals surface area contributed by atoms with Crippen molar-refractivity contribution in [1.29, 1.82) is 0 Å². The molecule has 0 aliphatic carbocycles. The molecule has 1 N–H and O–H groups in total. The summed E-state index contributed by atoms with van der Waals surface area (Å²) in [4.78, 5) is 12.8. The van der Waals surface area contributed by atoms with Gasteiger partial charge in [-0.3, -0.25) is 10.1 Å². The van der Waals surface area contributed by atoms with Gasteiger partial charge in [0.05, 0.1) is 4.90 Å². The number of hydrogen-bond donors (Lipinski definition) is 1. The summed E-state index contributed by atoms with van der Waals surface area (Å²) in [5.41, 5.74) is 3.20. The van der Waals surface area contributed by atoms with Crippen molar-refractivity contribution in [3.63, 3.8) is 0 Å². The predicted octanol–water partition coefficient (Wildman–Crippen LogP) is 4.27. The largest absolute Gasteiger partial charge is 0.403 e. The Kier molecular flexibility index (Phi) is 6.36. The van der Waals surface area contributed by atoms with Crippen LogP contribution in [-0.2, 0) is 10.0 Å². The Bertz CT molecular complexity index is 1240. The number of piperidine rings is 1. The molecule has 2 heterocycles. The highest BCUT2D eigenvalue weighted by Crippen LogP contribution is 2.27. The monoisotopic (exact) mass is 468 g/mol. The van der Waals surface area contributed by atoms with Crippen molar-refractivity contribution in [3.8, 4) is 11.5 Å². The van der Waals surface area contributed by atoms with E-state index < -0.39 is 15.9 Å². The first-order valence-electron chi connectivity index (χ1n) is 11.0. The number of anilines is 1. The quantitative estimate of drug-likeness (QED) is 0.599. The van der Waals surface area contributed by atoms with Crippen LogP contribution in [0.1, 0.15) is 41.8 Å². The van der Waals surface area contributed by atoms with Gasteiger partial charge in [-0.25, -0.2) is 8.42 Å². The molecule has 3 aromatic rings. The van der Waals surface area contributed by atoms with E-state index in [1.165, 1.54) is 28.6 Å². The SMILES string of the molecule is Cc1cc(C)cc(-c2nnc(NC(=O)c3ccc(S(=O)(=O)N4CC(C)CC(C)C4)cc3)o2)c1. The maximum Gasteiger partial charge on any atom is 0.322 e. The van der Waals surface area contributed by atoms with Crippen molar-refractivity contribution >= 4 is 21.9 Å². The Labute approximate surface area is 194 Å². The molecule has 4 rings (SSSR count). The highest BCUT2D eigenvalue weighted by molar-refractivity contribution is 7.89. The minimum atomic E-state index is -3.60. The van der Waals surface area contributed by atoms with E-state index in [9.17, 15) is 13.2 Å². The average Bonchev–Trinajstić information content (AvgIpc) is 3.21. The van der Waals surface area contributed by atoms with Gasteiger partial charge in [0, 0.05) is 24.2 Å². The third-order valence-corrected chi connectivity index (χ3v) is 7.55. The second-order valence-corrected chi connectivity index (χ2v) is 11.0. The van der Waals surface area contributed by atoms with Crippen LogP contribution in [-0.4, -0.2) is 41.9 Å². The fourth-order valence-electron chi connectivity index (χ4n) is 4.39. The van der Waals surface area contributed by atoms with Crippen molar-refractivity contribution in [2.24, 2.45) is 11.8 Å². The van der Waals surface area contributed by atoms with Crippen molar-refractivity contribution < 1.29 is 17.6 Å². The minimum absolute atomic E-state index is 0.0258. The maximum atomic E-state index is 13.0. The van der Waals surface area contributed by atoms with Crippen molar-refractivity contribution in [1.82, 2.24) is 14.5 Å². The molecule has 8 nitrogen and oxygen atoms in total. The minimum Gasteiger partial charge on any atom is -0.403 e. The summed E-state index contributed by atoms with van der Waals surface area (Å²) in [5, 5.41) is 10.5. The van der Waals surface area contributed by atoms with Gasteiger partial charge in [0.25, 0.3) is 5.91 Å². The summed E-state index contributed by atoms with van der Waals surface area (Å²) in [6.07, 6.45) is 1.02. The van der Waals surface area contributed by atoms with Crippen LogP contribution < -0.4 is 5.32 Å². The normalized spacial score (nSPS) is 19.4. The van der Waals surface area contributed by atoms with Crippen LogP contribution in [0.4, 0.5) is 6.01 Å². The second-order valence-electron chi connectivity index (χ2n) is 9.04. The molecule has 1 amide bonds. The molecule has 1 saturated heterocycles. The molecule has 1 aliphatic rings. The van der Waals surface area contributed by atoms with E-state index in [2.05, 4.69) is 29.4 Å². The number of hydrogen-bond acceptors (Lipinski definition) is 6. The number of rotatable bonds is 5. The molecule has 33 heavy (non-hydrogen) atoms. The van der Waals surface area contributed by atoms with Gasteiger partial charge >= 0.3 is 6.01 Å². The lowest BCUT2D eigenvalue weighted by molar-refractivity contribution is 0.102. The second kappa shape index (κ2) is 9.07. The molecule has 2 atom stereocenters. The molecule has 1 aromatic heterocycles. The van der Waals surface area contributed by atoms with Gasteiger partial charge in [-0.15, -0.1) is 5.10 Å². The summed E-state index contributed by atoms with van der Waals surface area (Å²) in [5.74, 6) is 0.478. The first-order chi connectivity index (χ1) is 15.6. The summed E-state index contributed by atoms with van der Waals surface area (Å²) in [6.45, 7) is 9.10. The third-order valence-electron chi connectivity index (χ3n) is 5.70. The topological polar surface area (TPSA) is 105 Å². The van der Waals surface area contributed by atoms with Gasteiger partial charge in [-0.05, 0) is 68.5 Å². The van der Waals surface area contributed by atoms with E-state index in [0.717, 1.165) is 23.1 Å². The first-order valence-corrected chi connectivity index (χ1v) is 12.4. The number of benzene rings is 2. The van der Waals surface area contributed by atoms with Crippen LogP contribution >= 0.6 is 0 Å². The lowest BCUT2D eigenvalue weighted by atomic mass is 9.94. The van der Waals surface area contributed by atoms with Gasteiger partial charge in [0.1, 0.15) is 0 Å². The number of aryl methyl sites for hydroxylation is 2. The zero-order valence-electron chi connectivity index (χ0n) is 19.2. The summed E-state index contributed by atoms with van der Waals surface area (Å²) in [6, 6.07) is 11.8. The van der Waals surface area contributed by atoms with Gasteiger partial charge in [-0.2, -0.15) is 4.31 Å². The van der Waals surface area contributed by atoms with Crippen LogP contribution in [0.5, 0.6) is 0 Å². The Hall–Kier alpha value is -3.04. The smallest absolute Gasteiger partial charge is 0.322 e. The number of carbonyl (C=O) groups excluding carboxylic acids is 1. The molecule has 1 aliphatic heterocycles. The van der Waals surface area contributed by atoms with Crippen molar-refractivity contribution in [2.75, 3.05) is 18.4 Å². The van der Waals surface area contributed by atoms with Crippen LogP contribution in [0.15, 0.2) is 51.8 Å². The van der Waals surface area contributed by atoms with E-state index in [0.29, 0.717) is 36.4 Å². The molecular formula is C24H28N4O4S. The average molecular weight is 469 g/mol. The lowest BCUT2D eigenvalue weighted by Crippen LogP contribution is -2.42. The fourth-order valence-corrected chi connectivity index (χ4v) is 6.07. The molecule has 1 fully saturated rings.